The van der Waals surface area contributed by atoms with E-state index < -0.39 is 0 Å². The molecule has 0 aliphatic carbocycles. The highest BCUT2D eigenvalue weighted by Crippen LogP contribution is 2.34. The number of aryl methyl sites for hydroxylation is 2. The number of ether oxygens (including phenoxy) is 3. The zero-order chi connectivity index (χ0) is 27.3. The van der Waals surface area contributed by atoms with E-state index in [0.29, 0.717) is 23.0 Å². The highest BCUT2D eigenvalue weighted by Gasteiger charge is 2.18. The second-order valence-electron chi connectivity index (χ2n) is 9.99. The van der Waals surface area contributed by atoms with Crippen molar-refractivity contribution in [2.24, 2.45) is 0 Å². The zero-order valence-corrected chi connectivity index (χ0v) is 23.0. The normalized spacial score (nSPS) is 15.7. The standard InChI is InChI=1S/C31H34N6O3/c1-22-17-29(31(34-23(22)2)28-5-3-4-7-32-28)40-27-6-8-33-30(21-27)35-24-18-25(36-9-13-38-14-10-36)20-26(19-24)37-11-15-39-16-12-37/h3-8,17-21H,9-16H2,1-2H3,(H,33,35). The number of nitrogens with one attached hydrogen (secondary N) is 1. The van der Waals surface area contributed by atoms with Crippen LogP contribution in [0.1, 0.15) is 11.3 Å². The molecule has 0 radical (unpaired) electrons. The molecule has 1 N–H and O–H groups in total. The summed E-state index contributed by atoms with van der Waals surface area (Å²) >= 11 is 0. The lowest BCUT2D eigenvalue weighted by molar-refractivity contribution is 0.122. The minimum absolute atomic E-state index is 0.655. The number of pyridine rings is 3. The molecule has 0 atom stereocenters. The molecule has 0 unspecified atom stereocenters. The number of rotatable bonds is 7. The molecule has 6 rings (SSSR count). The van der Waals surface area contributed by atoms with E-state index in [4.69, 9.17) is 19.2 Å². The predicted octanol–water partition coefficient (Wildman–Crippen LogP) is 5.36. The van der Waals surface area contributed by atoms with Crippen molar-refractivity contribution in [2.75, 3.05) is 67.7 Å². The minimum Gasteiger partial charge on any atom is -0.455 e. The van der Waals surface area contributed by atoms with Crippen LogP contribution in [-0.2, 0) is 9.47 Å². The molecule has 40 heavy (non-hydrogen) atoms. The zero-order valence-electron chi connectivity index (χ0n) is 23.0. The Bertz CT molecular complexity index is 1420. The summed E-state index contributed by atoms with van der Waals surface area (Å²) in [5, 5.41) is 3.52. The molecule has 2 saturated heterocycles. The highest BCUT2D eigenvalue weighted by molar-refractivity contribution is 5.72. The first-order valence-corrected chi connectivity index (χ1v) is 13.7. The Labute approximate surface area is 234 Å². The van der Waals surface area contributed by atoms with E-state index in [1.165, 1.54) is 11.4 Å². The van der Waals surface area contributed by atoms with Gasteiger partial charge < -0.3 is 29.3 Å². The molecule has 0 saturated carbocycles. The molecule has 2 aliphatic rings. The molecule has 2 aliphatic heterocycles. The van der Waals surface area contributed by atoms with Crippen LogP contribution in [0.15, 0.2) is 67.0 Å². The summed E-state index contributed by atoms with van der Waals surface area (Å²) in [6.45, 7) is 10.5. The van der Waals surface area contributed by atoms with Crippen LogP contribution in [-0.4, -0.2) is 67.6 Å². The maximum absolute atomic E-state index is 6.39. The van der Waals surface area contributed by atoms with Crippen molar-refractivity contribution in [3.8, 4) is 22.9 Å². The van der Waals surface area contributed by atoms with Gasteiger partial charge in [-0.3, -0.25) is 4.98 Å². The molecule has 4 aromatic rings. The number of aromatic nitrogens is 3. The average molecular weight is 539 g/mol. The van der Waals surface area contributed by atoms with Gasteiger partial charge in [0, 0.05) is 67.4 Å². The number of benzene rings is 1. The summed E-state index contributed by atoms with van der Waals surface area (Å²) < 4.78 is 17.6. The van der Waals surface area contributed by atoms with Crippen LogP contribution in [0.3, 0.4) is 0 Å². The first kappa shape index (κ1) is 26.0. The fourth-order valence-corrected chi connectivity index (χ4v) is 4.94. The van der Waals surface area contributed by atoms with Crippen LogP contribution >= 0.6 is 0 Å². The quantitative estimate of drug-likeness (QED) is 0.334. The Hall–Kier alpha value is -4.21. The molecule has 1 aromatic carbocycles. The summed E-state index contributed by atoms with van der Waals surface area (Å²) in [6, 6.07) is 18.2. The Morgan fingerprint density at radius 1 is 0.775 bits per heavy atom. The second kappa shape index (κ2) is 11.9. The lowest BCUT2D eigenvalue weighted by atomic mass is 10.1. The monoisotopic (exact) mass is 538 g/mol. The summed E-state index contributed by atoms with van der Waals surface area (Å²) in [5.41, 5.74) is 6.79. The molecule has 5 heterocycles. The van der Waals surface area contributed by atoms with Gasteiger partial charge >= 0.3 is 0 Å². The van der Waals surface area contributed by atoms with Crippen LogP contribution in [0.25, 0.3) is 11.4 Å². The van der Waals surface area contributed by atoms with Crippen molar-refractivity contribution in [3.05, 3.63) is 78.2 Å². The molecule has 9 heteroatoms. The van der Waals surface area contributed by atoms with Gasteiger partial charge in [-0.1, -0.05) is 6.07 Å². The number of hydrogen-bond donors (Lipinski definition) is 1. The van der Waals surface area contributed by atoms with Crippen LogP contribution in [0.2, 0.25) is 0 Å². The molecule has 9 nitrogen and oxygen atoms in total. The van der Waals surface area contributed by atoms with Gasteiger partial charge in [0.05, 0.1) is 32.1 Å². The maximum atomic E-state index is 6.39. The van der Waals surface area contributed by atoms with Gasteiger partial charge in [0.1, 0.15) is 17.3 Å². The van der Waals surface area contributed by atoms with Gasteiger partial charge in [0.25, 0.3) is 0 Å². The first-order valence-electron chi connectivity index (χ1n) is 13.7. The van der Waals surface area contributed by atoms with Crippen molar-refractivity contribution in [1.82, 2.24) is 15.0 Å². The van der Waals surface area contributed by atoms with Gasteiger partial charge in [-0.2, -0.15) is 0 Å². The molecule has 0 bridgehead atoms. The van der Waals surface area contributed by atoms with Crippen LogP contribution < -0.4 is 19.9 Å². The van der Waals surface area contributed by atoms with Crippen LogP contribution in [0, 0.1) is 13.8 Å². The van der Waals surface area contributed by atoms with Crippen molar-refractivity contribution in [1.29, 1.82) is 0 Å². The van der Waals surface area contributed by atoms with Gasteiger partial charge in [-0.15, -0.1) is 0 Å². The highest BCUT2D eigenvalue weighted by atomic mass is 16.5. The average Bonchev–Trinajstić information content (AvgIpc) is 3.00. The molecular formula is C31H34N6O3. The van der Waals surface area contributed by atoms with Crippen molar-refractivity contribution in [2.45, 2.75) is 13.8 Å². The lowest BCUT2D eigenvalue weighted by Gasteiger charge is -2.33. The van der Waals surface area contributed by atoms with E-state index in [2.05, 4.69) is 43.3 Å². The van der Waals surface area contributed by atoms with Crippen molar-refractivity contribution < 1.29 is 14.2 Å². The van der Waals surface area contributed by atoms with Crippen molar-refractivity contribution >= 4 is 22.9 Å². The fraction of sp³-hybridized carbons (Fsp3) is 0.323. The largest absolute Gasteiger partial charge is 0.455 e. The van der Waals surface area contributed by atoms with E-state index in [1.54, 1.807) is 12.4 Å². The van der Waals surface area contributed by atoms with E-state index >= 15 is 0 Å². The fourth-order valence-electron chi connectivity index (χ4n) is 4.94. The Morgan fingerprint density at radius 2 is 1.48 bits per heavy atom. The molecular weight excluding hydrogens is 504 g/mol. The Kier molecular flexibility index (Phi) is 7.74. The maximum Gasteiger partial charge on any atom is 0.155 e. The van der Waals surface area contributed by atoms with Crippen LogP contribution in [0.4, 0.5) is 22.9 Å². The van der Waals surface area contributed by atoms with Gasteiger partial charge in [-0.05, 0) is 61.9 Å². The molecule has 206 valence electrons. The van der Waals surface area contributed by atoms with Gasteiger partial charge in [0.15, 0.2) is 5.75 Å². The second-order valence-corrected chi connectivity index (χ2v) is 9.99. The Balaban J connectivity index is 1.28. The number of morpholine rings is 2. The number of nitrogens with zero attached hydrogens (tertiary/aromatic N) is 5. The summed E-state index contributed by atoms with van der Waals surface area (Å²) in [4.78, 5) is 18.6. The molecule has 0 amide bonds. The summed E-state index contributed by atoms with van der Waals surface area (Å²) in [6.07, 6.45) is 3.52. The number of hydrogen-bond acceptors (Lipinski definition) is 9. The topological polar surface area (TPSA) is 84.9 Å². The lowest BCUT2D eigenvalue weighted by Crippen LogP contribution is -2.38. The number of anilines is 4. The Morgan fingerprint density at radius 3 is 2.12 bits per heavy atom. The van der Waals surface area contributed by atoms with Gasteiger partial charge in [-0.25, -0.2) is 9.97 Å². The third-order valence-corrected chi connectivity index (χ3v) is 7.23. The third-order valence-electron chi connectivity index (χ3n) is 7.23. The van der Waals surface area contributed by atoms with E-state index in [9.17, 15) is 0 Å². The molecule has 0 spiro atoms. The minimum atomic E-state index is 0.655. The molecule has 2 fully saturated rings. The predicted molar refractivity (Wildman–Crippen MR) is 157 cm³/mol. The van der Waals surface area contributed by atoms with E-state index in [-0.39, 0.29) is 0 Å². The van der Waals surface area contributed by atoms with Crippen LogP contribution in [0.5, 0.6) is 11.5 Å². The van der Waals surface area contributed by atoms with E-state index in [0.717, 1.165) is 75.2 Å². The SMILES string of the molecule is Cc1cc(Oc2ccnc(Nc3cc(N4CCOCC4)cc(N4CCOCC4)c3)c2)c(-c2ccccn2)nc1C. The van der Waals surface area contributed by atoms with E-state index in [1.807, 2.05) is 50.2 Å². The first-order chi connectivity index (χ1) is 19.6. The third kappa shape index (κ3) is 6.00. The summed E-state index contributed by atoms with van der Waals surface area (Å²) in [7, 11) is 0. The summed E-state index contributed by atoms with van der Waals surface area (Å²) in [5.74, 6) is 2.01. The molecule has 3 aromatic heterocycles. The smallest absolute Gasteiger partial charge is 0.155 e. The van der Waals surface area contributed by atoms with Gasteiger partial charge in [0.2, 0.25) is 0 Å². The van der Waals surface area contributed by atoms with Crippen molar-refractivity contribution in [3.63, 3.8) is 0 Å².